The summed E-state index contributed by atoms with van der Waals surface area (Å²) in [5, 5.41) is 8.67. The Labute approximate surface area is 91.3 Å². The van der Waals surface area contributed by atoms with Crippen LogP contribution in [0, 0.1) is 5.82 Å². The summed E-state index contributed by atoms with van der Waals surface area (Å²) < 4.78 is 13.6. The van der Waals surface area contributed by atoms with E-state index in [-0.39, 0.29) is 17.2 Å². The van der Waals surface area contributed by atoms with E-state index in [1.165, 1.54) is 17.0 Å². The van der Waals surface area contributed by atoms with Crippen molar-refractivity contribution in [3.05, 3.63) is 29.6 Å². The standard InChI is InChI=1S/C11H10FNO3/c12-8-6-7(11(15)16)3-4-9(8)13-5-1-2-10(13)14/h3-4,6H,1-2,5H2,(H,15,16). The molecular formula is C11H10FNO3. The highest BCUT2D eigenvalue weighted by Crippen LogP contribution is 2.25. The summed E-state index contributed by atoms with van der Waals surface area (Å²) in [4.78, 5) is 23.3. The molecule has 1 aliphatic heterocycles. The maximum atomic E-state index is 13.6. The van der Waals surface area contributed by atoms with E-state index in [1.807, 2.05) is 0 Å². The third-order valence-corrected chi connectivity index (χ3v) is 2.56. The molecule has 1 aromatic rings. The second-order valence-electron chi connectivity index (χ2n) is 3.62. The molecule has 84 valence electrons. The Hall–Kier alpha value is -1.91. The second-order valence-corrected chi connectivity index (χ2v) is 3.62. The molecule has 2 rings (SSSR count). The van der Waals surface area contributed by atoms with Crippen molar-refractivity contribution in [1.82, 2.24) is 0 Å². The molecule has 0 spiro atoms. The van der Waals surface area contributed by atoms with Gasteiger partial charge in [0, 0.05) is 13.0 Å². The summed E-state index contributed by atoms with van der Waals surface area (Å²) in [5.41, 5.74) is 0.0420. The zero-order valence-electron chi connectivity index (χ0n) is 8.44. The molecule has 4 nitrogen and oxygen atoms in total. The highest BCUT2D eigenvalue weighted by Gasteiger charge is 2.24. The highest BCUT2D eigenvalue weighted by molar-refractivity contribution is 5.96. The van der Waals surface area contributed by atoms with Gasteiger partial charge < -0.3 is 10.0 Å². The van der Waals surface area contributed by atoms with Crippen LogP contribution in [-0.4, -0.2) is 23.5 Å². The second kappa shape index (κ2) is 3.92. The smallest absolute Gasteiger partial charge is 0.335 e. The van der Waals surface area contributed by atoms with Crippen molar-refractivity contribution in [2.75, 3.05) is 11.4 Å². The molecule has 0 atom stereocenters. The van der Waals surface area contributed by atoms with Crippen molar-refractivity contribution in [1.29, 1.82) is 0 Å². The maximum absolute atomic E-state index is 13.6. The number of amides is 1. The lowest BCUT2D eigenvalue weighted by atomic mass is 10.2. The fraction of sp³-hybridized carbons (Fsp3) is 0.273. The SMILES string of the molecule is O=C(O)c1ccc(N2CCCC2=O)c(F)c1. The lowest BCUT2D eigenvalue weighted by Crippen LogP contribution is -2.24. The van der Waals surface area contributed by atoms with E-state index in [4.69, 9.17) is 5.11 Å². The quantitative estimate of drug-likeness (QED) is 0.829. The maximum Gasteiger partial charge on any atom is 0.335 e. The number of hydrogen-bond donors (Lipinski definition) is 1. The average molecular weight is 223 g/mol. The van der Waals surface area contributed by atoms with E-state index >= 15 is 0 Å². The first-order valence-electron chi connectivity index (χ1n) is 4.93. The minimum atomic E-state index is -1.18. The van der Waals surface area contributed by atoms with Gasteiger partial charge in [-0.3, -0.25) is 4.79 Å². The van der Waals surface area contributed by atoms with Crippen LogP contribution >= 0.6 is 0 Å². The number of halogens is 1. The van der Waals surface area contributed by atoms with Crippen molar-refractivity contribution in [3.8, 4) is 0 Å². The zero-order valence-corrected chi connectivity index (χ0v) is 8.44. The lowest BCUT2D eigenvalue weighted by Gasteiger charge is -2.16. The first-order chi connectivity index (χ1) is 7.59. The number of aromatic carboxylic acids is 1. The van der Waals surface area contributed by atoms with Gasteiger partial charge in [-0.15, -0.1) is 0 Å². The molecule has 1 saturated heterocycles. The van der Waals surface area contributed by atoms with Crippen LogP contribution < -0.4 is 4.90 Å². The summed E-state index contributed by atoms with van der Waals surface area (Å²) in [6.45, 7) is 0.488. The Kier molecular flexibility index (Phi) is 2.60. The van der Waals surface area contributed by atoms with Gasteiger partial charge in [0.1, 0.15) is 5.82 Å². The summed E-state index contributed by atoms with van der Waals surface area (Å²) >= 11 is 0. The Morgan fingerprint density at radius 1 is 1.44 bits per heavy atom. The molecule has 0 radical (unpaired) electrons. The monoisotopic (exact) mass is 223 g/mol. The number of anilines is 1. The van der Waals surface area contributed by atoms with Gasteiger partial charge in [0.2, 0.25) is 5.91 Å². The van der Waals surface area contributed by atoms with Gasteiger partial charge in [-0.2, -0.15) is 0 Å². The molecule has 1 aliphatic rings. The van der Waals surface area contributed by atoms with Crippen LogP contribution in [0.1, 0.15) is 23.2 Å². The summed E-state index contributed by atoms with van der Waals surface area (Å²) in [5.74, 6) is -1.98. The van der Waals surface area contributed by atoms with Gasteiger partial charge in [0.15, 0.2) is 0 Å². The molecule has 1 N–H and O–H groups in total. The molecule has 0 aliphatic carbocycles. The third kappa shape index (κ3) is 1.76. The number of carboxylic acid groups (broad SMARTS) is 1. The lowest BCUT2D eigenvalue weighted by molar-refractivity contribution is -0.117. The van der Waals surface area contributed by atoms with Crippen molar-refractivity contribution >= 4 is 17.6 Å². The Balaban J connectivity index is 2.36. The fourth-order valence-corrected chi connectivity index (χ4v) is 1.76. The first kappa shape index (κ1) is 10.6. The summed E-state index contributed by atoms with van der Waals surface area (Å²) in [6.07, 6.45) is 1.12. The molecule has 0 saturated carbocycles. The molecule has 0 aromatic heterocycles. The van der Waals surface area contributed by atoms with Crippen LogP contribution in [0.5, 0.6) is 0 Å². The Morgan fingerprint density at radius 3 is 2.69 bits per heavy atom. The predicted octanol–water partition coefficient (Wildman–Crippen LogP) is 1.65. The van der Waals surface area contributed by atoms with E-state index in [1.54, 1.807) is 0 Å². The number of carbonyl (C=O) groups excluding carboxylic acids is 1. The van der Waals surface area contributed by atoms with Crippen LogP contribution in [0.3, 0.4) is 0 Å². The van der Waals surface area contributed by atoms with E-state index in [2.05, 4.69) is 0 Å². The minimum absolute atomic E-state index is 0.118. The Bertz CT molecular complexity index is 459. The third-order valence-electron chi connectivity index (χ3n) is 2.56. The van der Waals surface area contributed by atoms with Crippen LogP contribution in [0.25, 0.3) is 0 Å². The highest BCUT2D eigenvalue weighted by atomic mass is 19.1. The van der Waals surface area contributed by atoms with E-state index < -0.39 is 11.8 Å². The van der Waals surface area contributed by atoms with Crippen molar-refractivity contribution in [3.63, 3.8) is 0 Å². The number of nitrogens with zero attached hydrogens (tertiary/aromatic N) is 1. The zero-order chi connectivity index (χ0) is 11.7. The van der Waals surface area contributed by atoms with Crippen LogP contribution in [-0.2, 0) is 4.79 Å². The van der Waals surface area contributed by atoms with E-state index in [0.717, 1.165) is 6.07 Å². The normalized spacial score (nSPS) is 15.6. The molecule has 1 amide bonds. The predicted molar refractivity (Wildman–Crippen MR) is 54.9 cm³/mol. The number of carbonyl (C=O) groups is 2. The molecule has 0 unspecified atom stereocenters. The molecule has 5 heteroatoms. The molecule has 1 aromatic carbocycles. The molecule has 1 fully saturated rings. The van der Waals surface area contributed by atoms with Crippen LogP contribution in [0.4, 0.5) is 10.1 Å². The molecular weight excluding hydrogens is 213 g/mol. The molecule has 0 bridgehead atoms. The first-order valence-corrected chi connectivity index (χ1v) is 4.93. The van der Waals surface area contributed by atoms with Crippen molar-refractivity contribution in [2.45, 2.75) is 12.8 Å². The van der Waals surface area contributed by atoms with Gasteiger partial charge in [-0.25, -0.2) is 9.18 Å². The molecule has 16 heavy (non-hydrogen) atoms. The van der Waals surface area contributed by atoms with Gasteiger partial charge in [-0.05, 0) is 24.6 Å². The fourth-order valence-electron chi connectivity index (χ4n) is 1.76. The van der Waals surface area contributed by atoms with Gasteiger partial charge in [-0.1, -0.05) is 0 Å². The number of hydrogen-bond acceptors (Lipinski definition) is 2. The number of carboxylic acids is 1. The van der Waals surface area contributed by atoms with Crippen LogP contribution in [0.2, 0.25) is 0 Å². The minimum Gasteiger partial charge on any atom is -0.478 e. The summed E-state index contributed by atoms with van der Waals surface area (Å²) in [7, 11) is 0. The van der Waals surface area contributed by atoms with Gasteiger partial charge in [0.25, 0.3) is 0 Å². The van der Waals surface area contributed by atoms with E-state index in [9.17, 15) is 14.0 Å². The topological polar surface area (TPSA) is 57.6 Å². The van der Waals surface area contributed by atoms with Crippen molar-refractivity contribution < 1.29 is 19.1 Å². The summed E-state index contributed by atoms with van der Waals surface area (Å²) in [6, 6.07) is 3.57. The van der Waals surface area contributed by atoms with Crippen molar-refractivity contribution in [2.24, 2.45) is 0 Å². The van der Waals surface area contributed by atoms with Gasteiger partial charge >= 0.3 is 5.97 Å². The number of benzene rings is 1. The largest absolute Gasteiger partial charge is 0.478 e. The van der Waals surface area contributed by atoms with Crippen LogP contribution in [0.15, 0.2) is 18.2 Å². The number of rotatable bonds is 2. The van der Waals surface area contributed by atoms with Gasteiger partial charge in [0.05, 0.1) is 11.3 Å². The molecule has 1 heterocycles. The Morgan fingerprint density at radius 2 is 2.19 bits per heavy atom. The van der Waals surface area contributed by atoms with E-state index in [0.29, 0.717) is 19.4 Å². The average Bonchev–Trinajstić information content (AvgIpc) is 2.64.